The van der Waals surface area contributed by atoms with Gasteiger partial charge in [0.1, 0.15) is 11.6 Å². The molecule has 2 aromatic heterocycles. The molecule has 4 aromatic rings. The Morgan fingerprint density at radius 2 is 1.88 bits per heavy atom. The average Bonchev–Trinajstić information content (AvgIpc) is 3.46. The third-order valence-corrected chi connectivity index (χ3v) is 5.83. The van der Waals surface area contributed by atoms with Crippen molar-refractivity contribution >= 4 is 11.2 Å². The Kier molecular flexibility index (Phi) is 5.36. The summed E-state index contributed by atoms with van der Waals surface area (Å²) in [5.74, 6) is 1.35. The fraction of sp³-hybridized carbons (Fsp3) is 0.292. The second kappa shape index (κ2) is 8.47. The van der Waals surface area contributed by atoms with Crippen LogP contribution < -0.4 is 16.0 Å². The number of methoxy groups -OCH3 is 1. The van der Waals surface area contributed by atoms with Crippen molar-refractivity contribution in [3.8, 4) is 17.1 Å². The van der Waals surface area contributed by atoms with Gasteiger partial charge >= 0.3 is 5.69 Å². The molecule has 1 aliphatic heterocycles. The first-order valence-electron chi connectivity index (χ1n) is 10.7. The second-order valence-electron chi connectivity index (χ2n) is 7.91. The molecule has 0 aliphatic carbocycles. The Hall–Kier alpha value is -3.65. The molecule has 0 spiro atoms. The molecule has 1 aliphatic rings. The van der Waals surface area contributed by atoms with Crippen molar-refractivity contribution in [1.82, 2.24) is 19.1 Å². The van der Waals surface area contributed by atoms with Crippen LogP contribution in [0.5, 0.6) is 5.75 Å². The summed E-state index contributed by atoms with van der Waals surface area (Å²) >= 11 is 0. The maximum absolute atomic E-state index is 13.0. The van der Waals surface area contributed by atoms with E-state index in [1.807, 2.05) is 59.2 Å². The minimum atomic E-state index is -0.477. The number of aromatic amines is 1. The van der Waals surface area contributed by atoms with E-state index in [0.717, 1.165) is 29.7 Å². The van der Waals surface area contributed by atoms with E-state index in [9.17, 15) is 9.59 Å². The van der Waals surface area contributed by atoms with Crippen LogP contribution in [0.25, 0.3) is 22.6 Å². The van der Waals surface area contributed by atoms with Gasteiger partial charge in [-0.3, -0.25) is 14.3 Å². The third kappa shape index (κ3) is 3.73. The van der Waals surface area contributed by atoms with Crippen LogP contribution in [-0.2, 0) is 17.8 Å². The smallest absolute Gasteiger partial charge is 0.330 e. The Labute approximate surface area is 184 Å². The molecule has 5 rings (SSSR count). The molecule has 2 aromatic carbocycles. The first kappa shape index (κ1) is 20.3. The van der Waals surface area contributed by atoms with Crippen molar-refractivity contribution in [2.75, 3.05) is 13.7 Å². The van der Waals surface area contributed by atoms with Crippen LogP contribution >= 0.6 is 0 Å². The van der Waals surface area contributed by atoms with E-state index in [2.05, 4.69) is 4.98 Å². The lowest BCUT2D eigenvalue weighted by atomic mass is 10.2. The zero-order valence-corrected chi connectivity index (χ0v) is 17.8. The zero-order chi connectivity index (χ0) is 22.1. The largest absolute Gasteiger partial charge is 0.497 e. The van der Waals surface area contributed by atoms with Crippen LogP contribution in [0, 0.1) is 0 Å². The van der Waals surface area contributed by atoms with Gasteiger partial charge in [-0.1, -0.05) is 30.3 Å². The van der Waals surface area contributed by atoms with E-state index in [4.69, 9.17) is 14.5 Å². The topological polar surface area (TPSA) is 91.1 Å². The number of H-pyrrole nitrogens is 1. The van der Waals surface area contributed by atoms with Crippen LogP contribution in [0.15, 0.2) is 64.2 Å². The highest BCUT2D eigenvalue weighted by molar-refractivity contribution is 5.77. The van der Waals surface area contributed by atoms with Gasteiger partial charge in [-0.25, -0.2) is 9.78 Å². The zero-order valence-electron chi connectivity index (χ0n) is 17.8. The fourth-order valence-corrected chi connectivity index (χ4v) is 4.22. The summed E-state index contributed by atoms with van der Waals surface area (Å²) in [5, 5.41) is 0. The molecule has 1 atom stereocenters. The number of aromatic nitrogens is 4. The number of benzene rings is 2. The number of nitrogens with one attached hydrogen (secondary N) is 1. The molecule has 0 radical (unpaired) electrons. The Morgan fingerprint density at radius 1 is 1.09 bits per heavy atom. The minimum absolute atomic E-state index is 0.00157. The van der Waals surface area contributed by atoms with Crippen molar-refractivity contribution in [3.63, 3.8) is 0 Å². The predicted octanol–water partition coefficient (Wildman–Crippen LogP) is 2.79. The molecule has 1 fully saturated rings. The number of hydrogen-bond donors (Lipinski definition) is 1. The maximum atomic E-state index is 13.0. The van der Waals surface area contributed by atoms with Crippen molar-refractivity contribution < 1.29 is 9.47 Å². The van der Waals surface area contributed by atoms with Crippen LogP contribution in [-0.4, -0.2) is 38.9 Å². The summed E-state index contributed by atoms with van der Waals surface area (Å²) in [6.45, 7) is 1.51. The molecule has 1 saturated heterocycles. The minimum Gasteiger partial charge on any atom is -0.497 e. The number of hydrogen-bond acceptors (Lipinski definition) is 5. The SMILES string of the molecule is COc1ccc(-c2nc3c(c(=O)[nH]c(=O)n3Cc3ccccc3)n2C[C@@H]2CCCO2)cc1. The molecule has 8 nitrogen and oxygen atoms in total. The lowest BCUT2D eigenvalue weighted by Gasteiger charge is -2.14. The number of fused-ring (bicyclic) bond motifs is 1. The van der Waals surface area contributed by atoms with Crippen LogP contribution in [0.2, 0.25) is 0 Å². The van der Waals surface area contributed by atoms with Gasteiger partial charge < -0.3 is 14.0 Å². The molecular formula is C24H24N4O4. The van der Waals surface area contributed by atoms with Gasteiger partial charge in [-0.2, -0.15) is 0 Å². The van der Waals surface area contributed by atoms with E-state index >= 15 is 0 Å². The van der Waals surface area contributed by atoms with Crippen molar-refractivity contribution in [2.45, 2.75) is 32.0 Å². The molecule has 1 N–H and O–H groups in total. The van der Waals surface area contributed by atoms with E-state index in [1.54, 1.807) is 7.11 Å². The lowest BCUT2D eigenvalue weighted by molar-refractivity contribution is 0.0982. The summed E-state index contributed by atoms with van der Waals surface area (Å²) in [6, 6.07) is 17.2. The maximum Gasteiger partial charge on any atom is 0.330 e. The van der Waals surface area contributed by atoms with Crippen LogP contribution in [0.1, 0.15) is 18.4 Å². The number of ether oxygens (including phenoxy) is 2. The van der Waals surface area contributed by atoms with Crippen LogP contribution in [0.4, 0.5) is 0 Å². The van der Waals surface area contributed by atoms with E-state index in [0.29, 0.717) is 36.7 Å². The van der Waals surface area contributed by atoms with Crippen molar-refractivity contribution in [2.24, 2.45) is 0 Å². The first-order chi connectivity index (χ1) is 15.6. The number of imidazole rings is 1. The molecular weight excluding hydrogens is 408 g/mol. The summed E-state index contributed by atoms with van der Waals surface area (Å²) in [6.07, 6.45) is 1.91. The van der Waals surface area contributed by atoms with Gasteiger partial charge in [0.25, 0.3) is 5.56 Å². The molecule has 0 bridgehead atoms. The van der Waals surface area contributed by atoms with Gasteiger partial charge in [0.2, 0.25) is 0 Å². The average molecular weight is 432 g/mol. The molecule has 0 unspecified atom stereocenters. The third-order valence-electron chi connectivity index (χ3n) is 5.83. The normalized spacial score (nSPS) is 16.0. The van der Waals surface area contributed by atoms with Gasteiger partial charge in [0.05, 0.1) is 26.3 Å². The molecule has 164 valence electrons. The number of nitrogens with zero attached hydrogens (tertiary/aromatic N) is 3. The fourth-order valence-electron chi connectivity index (χ4n) is 4.22. The summed E-state index contributed by atoms with van der Waals surface area (Å²) < 4.78 is 14.5. The van der Waals surface area contributed by atoms with Gasteiger partial charge in [0.15, 0.2) is 11.2 Å². The standard InChI is InChI=1S/C24H24N4O4/c1-31-18-11-9-17(10-12-18)21-25-22-20(27(21)15-19-8-5-13-32-19)23(29)26-24(30)28(22)14-16-6-3-2-4-7-16/h2-4,6-7,9-12,19H,5,8,13-15H2,1H3,(H,26,29,30)/t19-/m0/s1. The van der Waals surface area contributed by atoms with Crippen LogP contribution in [0.3, 0.4) is 0 Å². The predicted molar refractivity (Wildman–Crippen MR) is 121 cm³/mol. The highest BCUT2D eigenvalue weighted by Gasteiger charge is 2.24. The Bertz CT molecular complexity index is 1350. The summed E-state index contributed by atoms with van der Waals surface area (Å²) in [5.41, 5.74) is 1.60. The summed E-state index contributed by atoms with van der Waals surface area (Å²) in [4.78, 5) is 33.0. The highest BCUT2D eigenvalue weighted by atomic mass is 16.5. The van der Waals surface area contributed by atoms with Gasteiger partial charge in [-0.05, 0) is 42.7 Å². The van der Waals surface area contributed by atoms with Crippen molar-refractivity contribution in [3.05, 3.63) is 81.0 Å². The molecule has 32 heavy (non-hydrogen) atoms. The van der Waals surface area contributed by atoms with Gasteiger partial charge in [-0.15, -0.1) is 0 Å². The van der Waals surface area contributed by atoms with E-state index < -0.39 is 11.2 Å². The first-order valence-corrected chi connectivity index (χ1v) is 10.7. The molecule has 0 amide bonds. The Balaban J connectivity index is 1.71. The molecule has 0 saturated carbocycles. The lowest BCUT2D eigenvalue weighted by Crippen LogP contribution is -2.32. The van der Waals surface area contributed by atoms with Gasteiger partial charge in [0, 0.05) is 12.2 Å². The summed E-state index contributed by atoms with van der Waals surface area (Å²) in [7, 11) is 1.61. The van der Waals surface area contributed by atoms with E-state index in [1.165, 1.54) is 4.57 Å². The Morgan fingerprint density at radius 3 is 2.56 bits per heavy atom. The van der Waals surface area contributed by atoms with E-state index in [-0.39, 0.29) is 6.10 Å². The second-order valence-corrected chi connectivity index (χ2v) is 7.91. The monoisotopic (exact) mass is 432 g/mol. The molecule has 8 heteroatoms. The molecule has 3 heterocycles. The van der Waals surface area contributed by atoms with Crippen molar-refractivity contribution in [1.29, 1.82) is 0 Å². The number of rotatable bonds is 6. The quantitative estimate of drug-likeness (QED) is 0.506. The highest BCUT2D eigenvalue weighted by Crippen LogP contribution is 2.27.